The fourth-order valence-corrected chi connectivity index (χ4v) is 5.48. The van der Waals surface area contributed by atoms with Gasteiger partial charge >= 0.3 is 0 Å². The number of hydrogen-bond acceptors (Lipinski definition) is 7. The zero-order valence-corrected chi connectivity index (χ0v) is 21.1. The number of para-hydroxylation sites is 1. The van der Waals surface area contributed by atoms with Crippen LogP contribution in [-0.2, 0) is 4.74 Å². The quantitative estimate of drug-likeness (QED) is 0.542. The minimum Gasteiger partial charge on any atom is -0.496 e. The summed E-state index contributed by atoms with van der Waals surface area (Å²) >= 11 is 0. The smallest absolute Gasteiger partial charge is 0.254 e. The molecule has 0 atom stereocenters. The van der Waals surface area contributed by atoms with Crippen LogP contribution in [0.5, 0.6) is 5.75 Å². The summed E-state index contributed by atoms with van der Waals surface area (Å²) in [6.07, 6.45) is 9.17. The van der Waals surface area contributed by atoms with Crippen molar-refractivity contribution < 1.29 is 14.3 Å². The molecule has 9 nitrogen and oxygen atoms in total. The molecule has 1 saturated carbocycles. The molecule has 1 saturated heterocycles. The van der Waals surface area contributed by atoms with Gasteiger partial charge in [0.15, 0.2) is 0 Å². The maximum Gasteiger partial charge on any atom is 0.254 e. The number of hydrogen-bond donors (Lipinski definition) is 1. The van der Waals surface area contributed by atoms with Crippen LogP contribution in [0.1, 0.15) is 48.2 Å². The van der Waals surface area contributed by atoms with Crippen molar-refractivity contribution in [3.05, 3.63) is 54.0 Å². The van der Waals surface area contributed by atoms with E-state index >= 15 is 0 Å². The van der Waals surface area contributed by atoms with Crippen molar-refractivity contribution in [1.82, 2.24) is 30.0 Å². The van der Waals surface area contributed by atoms with Crippen molar-refractivity contribution in [2.75, 3.05) is 40.0 Å². The lowest BCUT2D eigenvalue weighted by atomic mass is 9.79. The lowest BCUT2D eigenvalue weighted by Crippen LogP contribution is -2.59. The van der Waals surface area contributed by atoms with E-state index in [0.717, 1.165) is 56.2 Å². The lowest BCUT2D eigenvalue weighted by Gasteiger charge is -2.48. The number of ether oxygens (including phenoxy) is 2. The highest BCUT2D eigenvalue weighted by molar-refractivity contribution is 5.95. The summed E-state index contributed by atoms with van der Waals surface area (Å²) in [5, 5.41) is 7.69. The second-order valence-electron chi connectivity index (χ2n) is 9.56. The summed E-state index contributed by atoms with van der Waals surface area (Å²) in [4.78, 5) is 24.9. The van der Waals surface area contributed by atoms with Gasteiger partial charge in [-0.1, -0.05) is 31.4 Å². The Morgan fingerprint density at radius 1 is 1.14 bits per heavy atom. The first-order valence-electron chi connectivity index (χ1n) is 12.7. The van der Waals surface area contributed by atoms with Gasteiger partial charge in [-0.25, -0.2) is 14.6 Å². The normalized spacial score (nSPS) is 18.1. The molecule has 0 spiro atoms. The van der Waals surface area contributed by atoms with Crippen molar-refractivity contribution in [1.29, 1.82) is 0 Å². The van der Waals surface area contributed by atoms with Gasteiger partial charge in [0.05, 0.1) is 43.5 Å². The van der Waals surface area contributed by atoms with E-state index in [2.05, 4.69) is 20.3 Å². The molecular weight excluding hydrogens is 456 g/mol. The molecule has 1 aliphatic carbocycles. The third kappa shape index (κ3) is 4.85. The molecule has 5 rings (SSSR count). The third-order valence-electron chi connectivity index (χ3n) is 7.51. The standard InChI is InChI=1S/C27H34N6O3/c1-20-22(25(34)29-19-27(11-6-3-7-12-27)32-14-16-36-17-15-32)18-30-33(20)26-28-13-10-23(31-26)21-8-4-5-9-24(21)35-2/h4-5,8-10,13,18H,3,6-7,11-12,14-17,19H2,1-2H3,(H,29,34). The van der Waals surface area contributed by atoms with E-state index in [1.54, 1.807) is 24.2 Å². The topological polar surface area (TPSA) is 94.4 Å². The van der Waals surface area contributed by atoms with Gasteiger partial charge in [0.25, 0.3) is 11.9 Å². The van der Waals surface area contributed by atoms with Crippen LogP contribution >= 0.6 is 0 Å². The molecule has 3 aromatic rings. The predicted molar refractivity (Wildman–Crippen MR) is 136 cm³/mol. The average Bonchev–Trinajstić information content (AvgIpc) is 3.34. The molecule has 1 aliphatic heterocycles. The van der Waals surface area contributed by atoms with Crippen molar-refractivity contribution >= 4 is 5.91 Å². The van der Waals surface area contributed by atoms with E-state index < -0.39 is 0 Å². The molecule has 36 heavy (non-hydrogen) atoms. The third-order valence-corrected chi connectivity index (χ3v) is 7.51. The monoisotopic (exact) mass is 490 g/mol. The van der Waals surface area contributed by atoms with Crippen LogP contribution < -0.4 is 10.1 Å². The maximum atomic E-state index is 13.3. The first kappa shape index (κ1) is 24.4. The van der Waals surface area contributed by atoms with Crippen LogP contribution in [-0.4, -0.2) is 76.1 Å². The molecule has 0 radical (unpaired) electrons. The van der Waals surface area contributed by atoms with Gasteiger partial charge in [0.1, 0.15) is 5.75 Å². The van der Waals surface area contributed by atoms with E-state index in [-0.39, 0.29) is 11.4 Å². The van der Waals surface area contributed by atoms with Gasteiger partial charge in [-0.3, -0.25) is 9.69 Å². The van der Waals surface area contributed by atoms with Gasteiger partial charge in [0.2, 0.25) is 0 Å². The number of amides is 1. The second-order valence-corrected chi connectivity index (χ2v) is 9.56. The van der Waals surface area contributed by atoms with E-state index in [4.69, 9.17) is 14.5 Å². The van der Waals surface area contributed by atoms with Gasteiger partial charge in [-0.2, -0.15) is 5.10 Å². The minimum absolute atomic E-state index is 0.00771. The predicted octanol–water partition coefficient (Wildman–Crippen LogP) is 3.41. The Hall–Kier alpha value is -3.30. The fourth-order valence-electron chi connectivity index (χ4n) is 5.48. The number of aromatic nitrogens is 4. The number of carbonyl (C=O) groups excluding carboxylic acids is 1. The Morgan fingerprint density at radius 3 is 2.69 bits per heavy atom. The maximum absolute atomic E-state index is 13.3. The summed E-state index contributed by atoms with van der Waals surface area (Å²) in [5.41, 5.74) is 2.84. The van der Waals surface area contributed by atoms with Crippen LogP contribution in [0.25, 0.3) is 17.2 Å². The number of morpholine rings is 1. The summed E-state index contributed by atoms with van der Waals surface area (Å²) in [6, 6.07) is 9.55. The molecule has 190 valence electrons. The number of rotatable bonds is 7. The second kappa shape index (κ2) is 10.8. The first-order chi connectivity index (χ1) is 17.6. The van der Waals surface area contributed by atoms with Crippen molar-refractivity contribution in [3.63, 3.8) is 0 Å². The Balaban J connectivity index is 1.34. The zero-order chi connectivity index (χ0) is 25.0. The molecule has 1 amide bonds. The Labute approximate surface area is 211 Å². The SMILES string of the molecule is COc1ccccc1-c1ccnc(-n2ncc(C(=O)NCC3(N4CCOCC4)CCCCC3)c2C)n1. The van der Waals surface area contributed by atoms with E-state index in [0.29, 0.717) is 23.8 Å². The Bertz CT molecular complexity index is 1200. The zero-order valence-electron chi connectivity index (χ0n) is 21.1. The summed E-state index contributed by atoms with van der Waals surface area (Å²) in [6.45, 7) is 5.88. The Morgan fingerprint density at radius 2 is 1.92 bits per heavy atom. The number of benzene rings is 1. The Kier molecular flexibility index (Phi) is 7.29. The molecular formula is C27H34N6O3. The van der Waals surface area contributed by atoms with E-state index in [9.17, 15) is 4.79 Å². The number of nitrogens with one attached hydrogen (secondary N) is 1. The first-order valence-corrected chi connectivity index (χ1v) is 12.7. The van der Waals surface area contributed by atoms with Crippen molar-refractivity contribution in [2.24, 2.45) is 0 Å². The molecule has 0 unspecified atom stereocenters. The molecule has 3 heterocycles. The van der Waals surface area contributed by atoms with Crippen LogP contribution in [0.15, 0.2) is 42.7 Å². The number of nitrogens with zero attached hydrogens (tertiary/aromatic N) is 5. The minimum atomic E-state index is -0.113. The van der Waals surface area contributed by atoms with E-state index in [1.165, 1.54) is 19.3 Å². The number of carbonyl (C=O) groups is 1. The number of methoxy groups -OCH3 is 1. The molecule has 1 N–H and O–H groups in total. The molecule has 2 aromatic heterocycles. The van der Waals surface area contributed by atoms with Gasteiger partial charge in [-0.05, 0) is 38.0 Å². The highest BCUT2D eigenvalue weighted by atomic mass is 16.5. The van der Waals surface area contributed by atoms with E-state index in [1.807, 2.05) is 37.3 Å². The van der Waals surface area contributed by atoms with Gasteiger partial charge < -0.3 is 14.8 Å². The lowest BCUT2D eigenvalue weighted by molar-refractivity contribution is -0.0361. The molecule has 9 heteroatoms. The molecule has 2 aliphatic rings. The fraction of sp³-hybridized carbons (Fsp3) is 0.481. The van der Waals surface area contributed by atoms with Crippen LogP contribution in [0.2, 0.25) is 0 Å². The van der Waals surface area contributed by atoms with Crippen LogP contribution in [0.3, 0.4) is 0 Å². The highest BCUT2D eigenvalue weighted by Gasteiger charge is 2.39. The summed E-state index contributed by atoms with van der Waals surface area (Å²) in [5.74, 6) is 1.03. The van der Waals surface area contributed by atoms with Gasteiger partial charge in [0, 0.05) is 36.9 Å². The largest absolute Gasteiger partial charge is 0.496 e. The average molecular weight is 491 g/mol. The van der Waals surface area contributed by atoms with Crippen LogP contribution in [0.4, 0.5) is 0 Å². The van der Waals surface area contributed by atoms with Gasteiger partial charge in [-0.15, -0.1) is 0 Å². The molecule has 2 fully saturated rings. The van der Waals surface area contributed by atoms with Crippen molar-refractivity contribution in [2.45, 2.75) is 44.6 Å². The summed E-state index contributed by atoms with van der Waals surface area (Å²) < 4.78 is 12.7. The molecule has 0 bridgehead atoms. The van der Waals surface area contributed by atoms with Crippen LogP contribution in [0, 0.1) is 6.92 Å². The summed E-state index contributed by atoms with van der Waals surface area (Å²) in [7, 11) is 1.64. The highest BCUT2D eigenvalue weighted by Crippen LogP contribution is 2.34. The van der Waals surface area contributed by atoms with Crippen molar-refractivity contribution in [3.8, 4) is 23.0 Å². The molecule has 1 aromatic carbocycles.